The van der Waals surface area contributed by atoms with E-state index in [1.807, 2.05) is 32.9 Å². The maximum atomic E-state index is 11.7. The Bertz CT molecular complexity index is 482. The molecule has 1 amide bonds. The van der Waals surface area contributed by atoms with Gasteiger partial charge in [0.2, 0.25) is 0 Å². The van der Waals surface area contributed by atoms with Crippen LogP contribution in [-0.4, -0.2) is 35.9 Å². The Labute approximate surface area is 119 Å². The van der Waals surface area contributed by atoms with E-state index in [9.17, 15) is 9.90 Å². The monoisotopic (exact) mass is 278 g/mol. The summed E-state index contributed by atoms with van der Waals surface area (Å²) in [6.45, 7) is 7.12. The molecule has 0 spiro atoms. The van der Waals surface area contributed by atoms with Crippen LogP contribution in [0.2, 0.25) is 0 Å². The molecule has 1 saturated heterocycles. The molecule has 2 N–H and O–H groups in total. The number of phenols is 1. The van der Waals surface area contributed by atoms with Crippen LogP contribution in [0.3, 0.4) is 0 Å². The van der Waals surface area contributed by atoms with E-state index in [0.717, 1.165) is 25.2 Å². The first-order chi connectivity index (χ1) is 9.33. The third-order valence-corrected chi connectivity index (χ3v) is 3.10. The molecule has 0 aliphatic carbocycles. The van der Waals surface area contributed by atoms with Crippen molar-refractivity contribution in [3.63, 3.8) is 0 Å². The summed E-state index contributed by atoms with van der Waals surface area (Å²) in [5.41, 5.74) is 0.492. The van der Waals surface area contributed by atoms with Gasteiger partial charge in [-0.2, -0.15) is 0 Å². The minimum atomic E-state index is -0.479. The van der Waals surface area contributed by atoms with Crippen molar-refractivity contribution in [1.82, 2.24) is 5.32 Å². The van der Waals surface area contributed by atoms with E-state index >= 15 is 0 Å². The van der Waals surface area contributed by atoms with E-state index in [-0.39, 0.29) is 17.9 Å². The van der Waals surface area contributed by atoms with Crippen molar-refractivity contribution in [2.45, 2.75) is 38.8 Å². The second-order valence-corrected chi connectivity index (χ2v) is 6.10. The van der Waals surface area contributed by atoms with Crippen molar-refractivity contribution >= 4 is 11.8 Å². The molecule has 0 radical (unpaired) electrons. The van der Waals surface area contributed by atoms with Gasteiger partial charge in [-0.25, -0.2) is 4.79 Å². The van der Waals surface area contributed by atoms with E-state index < -0.39 is 5.60 Å². The molecule has 0 saturated carbocycles. The average molecular weight is 278 g/mol. The summed E-state index contributed by atoms with van der Waals surface area (Å²) in [4.78, 5) is 13.9. The van der Waals surface area contributed by atoms with Crippen LogP contribution in [0, 0.1) is 0 Å². The number of hydrogen-bond donors (Lipinski definition) is 2. The van der Waals surface area contributed by atoms with Crippen LogP contribution < -0.4 is 10.2 Å². The minimum absolute atomic E-state index is 0.0761. The van der Waals surface area contributed by atoms with Crippen LogP contribution in [0.15, 0.2) is 24.3 Å². The summed E-state index contributed by atoms with van der Waals surface area (Å²) < 4.78 is 5.25. The summed E-state index contributed by atoms with van der Waals surface area (Å²) in [6, 6.07) is 7.23. The van der Waals surface area contributed by atoms with Gasteiger partial charge in [0, 0.05) is 24.8 Å². The molecule has 20 heavy (non-hydrogen) atoms. The van der Waals surface area contributed by atoms with Crippen molar-refractivity contribution in [2.24, 2.45) is 0 Å². The molecule has 1 aromatic carbocycles. The van der Waals surface area contributed by atoms with Crippen LogP contribution in [-0.2, 0) is 4.74 Å². The van der Waals surface area contributed by atoms with Gasteiger partial charge in [-0.1, -0.05) is 6.07 Å². The van der Waals surface area contributed by atoms with Crippen LogP contribution in [0.25, 0.3) is 0 Å². The number of nitrogens with one attached hydrogen (secondary N) is 1. The van der Waals surface area contributed by atoms with Crippen molar-refractivity contribution in [2.75, 3.05) is 18.0 Å². The Morgan fingerprint density at radius 3 is 2.85 bits per heavy atom. The summed E-state index contributed by atoms with van der Waals surface area (Å²) in [7, 11) is 0. The molecule has 1 heterocycles. The number of phenolic OH excluding ortho intramolecular Hbond substituents is 1. The molecule has 1 aliphatic heterocycles. The fourth-order valence-electron chi connectivity index (χ4n) is 2.28. The summed E-state index contributed by atoms with van der Waals surface area (Å²) in [5.74, 6) is 0.256. The van der Waals surface area contributed by atoms with Gasteiger partial charge in [0.15, 0.2) is 0 Å². The Kier molecular flexibility index (Phi) is 4.06. The molecular weight excluding hydrogens is 256 g/mol. The second kappa shape index (κ2) is 5.61. The standard InChI is InChI=1S/C15H22N2O3/c1-15(2,3)20-14(19)16-11-7-8-17(10-11)12-5-4-6-13(18)9-12/h4-6,9,11,18H,7-8,10H2,1-3H3,(H,16,19)/t11-/m1/s1. The predicted molar refractivity (Wildman–Crippen MR) is 78.1 cm³/mol. The largest absolute Gasteiger partial charge is 0.508 e. The molecule has 0 unspecified atom stereocenters. The van der Waals surface area contributed by atoms with E-state index in [4.69, 9.17) is 4.74 Å². The van der Waals surface area contributed by atoms with Gasteiger partial charge < -0.3 is 20.1 Å². The first kappa shape index (κ1) is 14.5. The molecule has 1 atom stereocenters. The molecular formula is C15H22N2O3. The smallest absolute Gasteiger partial charge is 0.407 e. The number of benzene rings is 1. The quantitative estimate of drug-likeness (QED) is 0.872. The van der Waals surface area contributed by atoms with Crippen LogP contribution in [0.5, 0.6) is 5.75 Å². The van der Waals surface area contributed by atoms with Gasteiger partial charge in [0.25, 0.3) is 0 Å². The molecule has 1 aliphatic rings. The molecule has 1 fully saturated rings. The van der Waals surface area contributed by atoms with Gasteiger partial charge in [-0.15, -0.1) is 0 Å². The third kappa shape index (κ3) is 4.05. The second-order valence-electron chi connectivity index (χ2n) is 6.10. The lowest BCUT2D eigenvalue weighted by Crippen LogP contribution is -2.40. The van der Waals surface area contributed by atoms with E-state index in [0.29, 0.717) is 0 Å². The number of alkyl carbamates (subject to hydrolysis) is 1. The Hall–Kier alpha value is -1.91. The van der Waals surface area contributed by atoms with Gasteiger partial charge >= 0.3 is 6.09 Å². The Balaban J connectivity index is 1.88. The molecule has 1 aromatic rings. The summed E-state index contributed by atoms with van der Waals surface area (Å²) in [6.07, 6.45) is 0.495. The first-order valence-electron chi connectivity index (χ1n) is 6.87. The maximum absolute atomic E-state index is 11.7. The number of carbonyl (C=O) groups is 1. The summed E-state index contributed by atoms with van der Waals surface area (Å²) in [5, 5.41) is 12.4. The lowest BCUT2D eigenvalue weighted by Gasteiger charge is -2.22. The zero-order valence-electron chi connectivity index (χ0n) is 12.2. The lowest BCUT2D eigenvalue weighted by atomic mass is 10.2. The van der Waals surface area contributed by atoms with E-state index in [1.165, 1.54) is 0 Å². The van der Waals surface area contributed by atoms with Crippen LogP contribution in [0.1, 0.15) is 27.2 Å². The molecule has 5 nitrogen and oxygen atoms in total. The normalized spacial score (nSPS) is 18.9. The van der Waals surface area contributed by atoms with Crippen molar-refractivity contribution in [3.8, 4) is 5.75 Å². The van der Waals surface area contributed by atoms with E-state index in [2.05, 4.69) is 10.2 Å². The fourth-order valence-corrected chi connectivity index (χ4v) is 2.28. The number of rotatable bonds is 2. The van der Waals surface area contributed by atoms with Crippen LogP contribution >= 0.6 is 0 Å². The van der Waals surface area contributed by atoms with Gasteiger partial charge in [-0.05, 0) is 39.3 Å². The van der Waals surface area contributed by atoms with Gasteiger partial charge in [0.1, 0.15) is 11.4 Å². The Morgan fingerprint density at radius 1 is 1.45 bits per heavy atom. The molecule has 0 aromatic heterocycles. The fraction of sp³-hybridized carbons (Fsp3) is 0.533. The highest BCUT2D eigenvalue weighted by molar-refractivity contribution is 5.68. The number of ether oxygens (including phenoxy) is 1. The Morgan fingerprint density at radius 2 is 2.20 bits per heavy atom. The highest BCUT2D eigenvalue weighted by Gasteiger charge is 2.26. The average Bonchev–Trinajstić information content (AvgIpc) is 2.74. The first-order valence-corrected chi connectivity index (χ1v) is 6.87. The van der Waals surface area contributed by atoms with Crippen molar-refractivity contribution in [3.05, 3.63) is 24.3 Å². The highest BCUT2D eigenvalue weighted by atomic mass is 16.6. The number of hydrogen-bond acceptors (Lipinski definition) is 4. The number of nitrogens with zero attached hydrogens (tertiary/aromatic N) is 1. The van der Waals surface area contributed by atoms with Crippen molar-refractivity contribution < 1.29 is 14.6 Å². The number of aromatic hydroxyl groups is 1. The SMILES string of the molecule is CC(C)(C)OC(=O)N[C@@H]1CCN(c2cccc(O)c2)C1. The number of carbonyl (C=O) groups excluding carboxylic acids is 1. The summed E-state index contributed by atoms with van der Waals surface area (Å²) >= 11 is 0. The highest BCUT2D eigenvalue weighted by Crippen LogP contribution is 2.24. The van der Waals surface area contributed by atoms with Gasteiger partial charge in [0.05, 0.1) is 6.04 Å². The third-order valence-electron chi connectivity index (χ3n) is 3.10. The number of anilines is 1. The van der Waals surface area contributed by atoms with E-state index in [1.54, 1.807) is 12.1 Å². The molecule has 110 valence electrons. The topological polar surface area (TPSA) is 61.8 Å². The minimum Gasteiger partial charge on any atom is -0.508 e. The predicted octanol–water partition coefficient (Wildman–Crippen LogP) is 2.50. The zero-order valence-corrected chi connectivity index (χ0v) is 12.2. The number of amides is 1. The zero-order chi connectivity index (χ0) is 14.8. The van der Waals surface area contributed by atoms with Crippen LogP contribution in [0.4, 0.5) is 10.5 Å². The molecule has 0 bridgehead atoms. The van der Waals surface area contributed by atoms with Crippen molar-refractivity contribution in [1.29, 1.82) is 0 Å². The lowest BCUT2D eigenvalue weighted by molar-refractivity contribution is 0.0509. The molecule has 5 heteroatoms. The molecule has 2 rings (SSSR count). The maximum Gasteiger partial charge on any atom is 0.407 e. The van der Waals surface area contributed by atoms with Gasteiger partial charge in [-0.3, -0.25) is 0 Å².